The number of nitriles is 2. The van der Waals surface area contributed by atoms with Crippen molar-refractivity contribution in [3.8, 4) is 18.0 Å². The third-order valence-electron chi connectivity index (χ3n) is 8.51. The van der Waals surface area contributed by atoms with Crippen molar-refractivity contribution in [3.63, 3.8) is 0 Å². The quantitative estimate of drug-likeness (QED) is 0.141. The molecule has 0 radical (unpaired) electrons. The van der Waals surface area contributed by atoms with Crippen LogP contribution >= 0.6 is 8.53 Å². The Balaban J connectivity index is 1.30. The molecule has 14 heteroatoms. The van der Waals surface area contributed by atoms with Gasteiger partial charge in [-0.25, -0.2) is 14.6 Å². The zero-order valence-corrected chi connectivity index (χ0v) is 26.6. The molecule has 13 nitrogen and oxygen atoms in total. The van der Waals surface area contributed by atoms with E-state index in [1.54, 1.807) is 13.3 Å². The van der Waals surface area contributed by atoms with Crippen LogP contribution in [0, 0.1) is 29.6 Å². The molecule has 238 valence electrons. The molecule has 0 N–H and O–H groups in total. The number of ether oxygens (including phenoxy) is 4. The second kappa shape index (κ2) is 14.0. The van der Waals surface area contributed by atoms with E-state index in [4.69, 9.17) is 38.5 Å². The number of rotatable bonds is 13. The van der Waals surface area contributed by atoms with E-state index >= 15 is 0 Å². The molecule has 3 saturated heterocycles. The van der Waals surface area contributed by atoms with Crippen molar-refractivity contribution in [3.05, 3.63) is 48.0 Å². The van der Waals surface area contributed by atoms with E-state index in [1.165, 1.54) is 0 Å². The lowest BCUT2D eigenvalue weighted by molar-refractivity contribution is -0.135. The van der Waals surface area contributed by atoms with Gasteiger partial charge in [-0.1, -0.05) is 37.3 Å². The molecule has 3 aliphatic rings. The summed E-state index contributed by atoms with van der Waals surface area (Å²) in [5.41, 5.74) is 1.62. The molecule has 0 amide bonds. The lowest BCUT2D eigenvalue weighted by atomic mass is 9.87. The monoisotopic (exact) mass is 635 g/mol. The van der Waals surface area contributed by atoms with Crippen LogP contribution in [0.1, 0.15) is 63.6 Å². The van der Waals surface area contributed by atoms with Crippen LogP contribution in [0.2, 0.25) is 0 Å². The van der Waals surface area contributed by atoms with Gasteiger partial charge < -0.3 is 28.0 Å². The Hall–Kier alpha value is -3.26. The van der Waals surface area contributed by atoms with Gasteiger partial charge in [0, 0.05) is 6.54 Å². The molecule has 1 aromatic carbocycles. The molecule has 6 rings (SSSR count). The van der Waals surface area contributed by atoms with Gasteiger partial charge in [-0.15, -0.1) is 0 Å². The molecule has 45 heavy (non-hydrogen) atoms. The molecule has 7 atom stereocenters. The predicted molar refractivity (Wildman–Crippen MR) is 162 cm³/mol. The number of imidazole rings is 1. The summed E-state index contributed by atoms with van der Waals surface area (Å²) in [7, 11) is -1.43. The van der Waals surface area contributed by atoms with Gasteiger partial charge in [0.25, 0.3) is 8.53 Å². The molecule has 3 aliphatic heterocycles. The maximum Gasteiger partial charge on any atom is 0.260 e. The third-order valence-corrected chi connectivity index (χ3v) is 10.4. The first-order chi connectivity index (χ1) is 22.0. The van der Waals surface area contributed by atoms with Crippen molar-refractivity contribution in [2.24, 2.45) is 0 Å². The molecule has 5 heterocycles. The number of benzene rings is 1. The Labute approximate surface area is 263 Å². The van der Waals surface area contributed by atoms with Crippen LogP contribution < -0.4 is 4.74 Å². The first-order valence-corrected chi connectivity index (χ1v) is 16.5. The van der Waals surface area contributed by atoms with Crippen LogP contribution in [0.5, 0.6) is 5.88 Å². The average molecular weight is 636 g/mol. The van der Waals surface area contributed by atoms with Crippen LogP contribution in [-0.2, 0) is 28.9 Å². The van der Waals surface area contributed by atoms with Gasteiger partial charge in [-0.05, 0) is 38.7 Å². The molecule has 2 aromatic heterocycles. The van der Waals surface area contributed by atoms with Crippen LogP contribution in [0.15, 0.2) is 36.7 Å². The van der Waals surface area contributed by atoms with Crippen LogP contribution in [0.25, 0.3) is 11.2 Å². The van der Waals surface area contributed by atoms with Gasteiger partial charge in [0.1, 0.15) is 37.0 Å². The Kier molecular flexibility index (Phi) is 9.88. The van der Waals surface area contributed by atoms with Crippen molar-refractivity contribution in [1.29, 1.82) is 10.5 Å². The molecule has 0 spiro atoms. The lowest BCUT2D eigenvalue weighted by Crippen LogP contribution is -2.37. The van der Waals surface area contributed by atoms with E-state index in [2.05, 4.69) is 57.7 Å². The summed E-state index contributed by atoms with van der Waals surface area (Å²) in [5, 5.41) is 17.9. The summed E-state index contributed by atoms with van der Waals surface area (Å²) in [4.78, 5) is 13.7. The summed E-state index contributed by atoms with van der Waals surface area (Å²) in [6.45, 7) is 7.29. The van der Waals surface area contributed by atoms with Gasteiger partial charge in [-0.3, -0.25) is 4.57 Å². The molecule has 0 saturated carbocycles. The molecule has 3 aromatic rings. The van der Waals surface area contributed by atoms with Crippen molar-refractivity contribution in [1.82, 2.24) is 24.2 Å². The van der Waals surface area contributed by atoms with Crippen molar-refractivity contribution >= 4 is 19.7 Å². The average Bonchev–Trinajstić information content (AvgIpc) is 3.82. The number of nitrogens with zero attached hydrogens (tertiary/aromatic N) is 7. The molecular formula is C31H38N7O6P. The van der Waals surface area contributed by atoms with Crippen molar-refractivity contribution < 1.29 is 28.0 Å². The van der Waals surface area contributed by atoms with Gasteiger partial charge in [0.15, 0.2) is 17.4 Å². The molecule has 3 fully saturated rings. The predicted octanol–water partition coefficient (Wildman–Crippen LogP) is 5.03. The number of aryl methyl sites for hydroxylation is 1. The van der Waals surface area contributed by atoms with Crippen LogP contribution in [0.4, 0.5) is 0 Å². The van der Waals surface area contributed by atoms with E-state index in [-0.39, 0.29) is 45.0 Å². The van der Waals surface area contributed by atoms with Crippen molar-refractivity contribution in [2.45, 2.75) is 89.1 Å². The Morgan fingerprint density at radius 3 is 2.69 bits per heavy atom. The smallest absolute Gasteiger partial charge is 0.260 e. The minimum Gasteiger partial charge on any atom is -0.475 e. The summed E-state index contributed by atoms with van der Waals surface area (Å²) < 4.78 is 42.4. The van der Waals surface area contributed by atoms with Crippen molar-refractivity contribution in [2.75, 3.05) is 26.6 Å². The van der Waals surface area contributed by atoms with Gasteiger partial charge in [0.05, 0.1) is 50.1 Å². The third kappa shape index (κ3) is 6.27. The minimum absolute atomic E-state index is 0.0431. The number of hydrogen-bond acceptors (Lipinski definition) is 12. The topological polar surface area (TPSA) is 150 Å². The Morgan fingerprint density at radius 1 is 1.11 bits per heavy atom. The maximum absolute atomic E-state index is 8.96. The SMILES string of the molecule is CC[C@H]1O[C@@H](n2cnc3c(OCCC#N)nc(C)nc32)C(OCOCCC#N)[C@H]1O[P@@]1O[C@](C)(c2ccccc2)[C@@H]2CCCN21. The first kappa shape index (κ1) is 31.7. The van der Waals surface area contributed by atoms with E-state index in [9.17, 15) is 0 Å². The van der Waals surface area contributed by atoms with Crippen LogP contribution in [-0.4, -0.2) is 75.1 Å². The largest absolute Gasteiger partial charge is 0.475 e. The fourth-order valence-corrected chi connectivity index (χ4v) is 8.48. The van der Waals surface area contributed by atoms with Crippen LogP contribution in [0.3, 0.4) is 0 Å². The zero-order chi connectivity index (χ0) is 31.4. The minimum atomic E-state index is -1.43. The normalized spacial score (nSPS) is 29.5. The molecular weight excluding hydrogens is 597 g/mol. The number of aromatic nitrogens is 4. The first-order valence-electron chi connectivity index (χ1n) is 15.4. The fraction of sp³-hybridized carbons (Fsp3) is 0.581. The lowest BCUT2D eigenvalue weighted by Gasteiger charge is -2.29. The Bertz CT molecular complexity index is 1550. The highest BCUT2D eigenvalue weighted by atomic mass is 31.2. The van der Waals surface area contributed by atoms with E-state index in [0.717, 1.165) is 24.9 Å². The number of hydrogen-bond donors (Lipinski definition) is 0. The summed E-state index contributed by atoms with van der Waals surface area (Å²) >= 11 is 0. The molecule has 0 bridgehead atoms. The molecule has 1 unspecified atom stereocenters. The standard InChI is InChI=1S/C31H38N7O6P/c1-4-23-26(43-45-38-16-8-13-24(38)31(3,44-45)22-11-6-5-7-12-22)27(41-20-39-17-9-14-32)30(42-23)37-19-34-25-28(37)35-21(2)36-29(25)40-18-10-15-33/h5-7,11-12,19,23-24,26-27,30H,4,8-10,13,16-18,20H2,1-3H3/t23-,24+,26+,27?,30-,31-,45+/m1/s1. The second-order valence-electron chi connectivity index (χ2n) is 11.4. The van der Waals surface area contributed by atoms with Gasteiger partial charge in [-0.2, -0.15) is 15.5 Å². The summed E-state index contributed by atoms with van der Waals surface area (Å²) in [6, 6.07) is 14.7. The number of fused-ring (bicyclic) bond motifs is 2. The van der Waals surface area contributed by atoms with Gasteiger partial charge in [0.2, 0.25) is 5.88 Å². The Morgan fingerprint density at radius 2 is 1.91 bits per heavy atom. The highest BCUT2D eigenvalue weighted by Gasteiger charge is 2.57. The second-order valence-corrected chi connectivity index (χ2v) is 12.8. The van der Waals surface area contributed by atoms with E-state index in [0.29, 0.717) is 29.3 Å². The zero-order valence-electron chi connectivity index (χ0n) is 25.7. The van der Waals surface area contributed by atoms with E-state index < -0.39 is 32.6 Å². The highest BCUT2D eigenvalue weighted by Crippen LogP contribution is 2.64. The van der Waals surface area contributed by atoms with E-state index in [1.807, 2.05) is 22.8 Å². The summed E-state index contributed by atoms with van der Waals surface area (Å²) in [6.07, 6.45) is 2.83. The maximum atomic E-state index is 8.96. The molecule has 0 aliphatic carbocycles. The van der Waals surface area contributed by atoms with Gasteiger partial charge >= 0.3 is 0 Å². The summed E-state index contributed by atoms with van der Waals surface area (Å²) in [5.74, 6) is 0.805. The fourth-order valence-electron chi connectivity index (χ4n) is 6.33. The highest BCUT2D eigenvalue weighted by molar-refractivity contribution is 7.45.